The lowest BCUT2D eigenvalue weighted by molar-refractivity contribution is 0.467. The number of nitrogens with one attached hydrogen (secondary N) is 2. The lowest BCUT2D eigenvalue weighted by atomic mass is 10.4. The first-order valence-electron chi connectivity index (χ1n) is 7.62. The van der Waals surface area contributed by atoms with Crippen LogP contribution in [0.3, 0.4) is 0 Å². The molecule has 126 valence electrons. The van der Waals surface area contributed by atoms with E-state index in [2.05, 4.69) is 38.5 Å². The van der Waals surface area contributed by atoms with Crippen molar-refractivity contribution >= 4 is 29.9 Å². The summed E-state index contributed by atoms with van der Waals surface area (Å²) in [5, 5.41) is 11.8. The molecule has 1 aliphatic rings. The van der Waals surface area contributed by atoms with Gasteiger partial charge in [-0.3, -0.25) is 0 Å². The summed E-state index contributed by atoms with van der Waals surface area (Å²) in [6, 6.07) is 4.65. The van der Waals surface area contributed by atoms with Gasteiger partial charge in [0.05, 0.1) is 6.54 Å². The van der Waals surface area contributed by atoms with Gasteiger partial charge in [0.2, 0.25) is 0 Å². The normalized spacial score (nSPS) is 14.5. The average molecular weight is 429 g/mol. The van der Waals surface area contributed by atoms with Crippen molar-refractivity contribution in [1.29, 1.82) is 0 Å². The van der Waals surface area contributed by atoms with Crippen molar-refractivity contribution in [3.05, 3.63) is 35.7 Å². The Bertz CT molecular complexity index is 643. The largest absolute Gasteiger partial charge is 0.364 e. The number of halogens is 1. The Morgan fingerprint density at radius 1 is 1.48 bits per heavy atom. The molecule has 0 spiro atoms. The second-order valence-corrected chi connectivity index (χ2v) is 5.83. The van der Waals surface area contributed by atoms with E-state index in [0.29, 0.717) is 12.6 Å². The summed E-state index contributed by atoms with van der Waals surface area (Å²) in [6.45, 7) is 3.27. The van der Waals surface area contributed by atoms with Crippen LogP contribution in [0.4, 0.5) is 0 Å². The minimum absolute atomic E-state index is 0. The van der Waals surface area contributed by atoms with E-state index in [1.165, 1.54) is 18.5 Å². The van der Waals surface area contributed by atoms with Gasteiger partial charge in [0.1, 0.15) is 12.4 Å². The van der Waals surface area contributed by atoms with E-state index in [1.54, 1.807) is 0 Å². The summed E-state index contributed by atoms with van der Waals surface area (Å²) in [4.78, 5) is 10.1. The van der Waals surface area contributed by atoms with Crippen LogP contribution in [0, 0.1) is 6.92 Å². The Kier molecular flexibility index (Phi) is 6.03. The van der Waals surface area contributed by atoms with Crippen molar-refractivity contribution in [2.45, 2.75) is 38.9 Å². The van der Waals surface area contributed by atoms with Crippen molar-refractivity contribution in [1.82, 2.24) is 30.0 Å². The Labute approximate surface area is 153 Å². The van der Waals surface area contributed by atoms with Gasteiger partial charge in [-0.25, -0.2) is 4.99 Å². The van der Waals surface area contributed by atoms with E-state index in [1.807, 2.05) is 30.8 Å². The van der Waals surface area contributed by atoms with Crippen LogP contribution < -0.4 is 5.32 Å². The molecule has 0 bridgehead atoms. The quantitative estimate of drug-likeness (QED) is 0.432. The average Bonchev–Trinajstić information content (AvgIpc) is 3.08. The molecular formula is C15H24IN7. The summed E-state index contributed by atoms with van der Waals surface area (Å²) in [5.74, 6) is 2.69. The SMILES string of the molecule is Cc1nnc(CN=C(NC2CC2)N(C)Cc2ccc[nH]2)n1C.I. The van der Waals surface area contributed by atoms with Gasteiger partial charge in [0.25, 0.3) is 0 Å². The summed E-state index contributed by atoms with van der Waals surface area (Å²) in [5.41, 5.74) is 1.17. The van der Waals surface area contributed by atoms with Gasteiger partial charge >= 0.3 is 0 Å². The number of guanidine groups is 1. The van der Waals surface area contributed by atoms with E-state index in [-0.39, 0.29) is 24.0 Å². The van der Waals surface area contributed by atoms with Gasteiger partial charge in [-0.15, -0.1) is 34.2 Å². The number of aliphatic imine (C=N–C) groups is 1. The summed E-state index contributed by atoms with van der Waals surface area (Å²) in [7, 11) is 4.02. The predicted octanol–water partition coefficient (Wildman–Crippen LogP) is 1.81. The molecular weight excluding hydrogens is 405 g/mol. The predicted molar refractivity (Wildman–Crippen MR) is 101 cm³/mol. The molecule has 0 saturated heterocycles. The molecule has 3 rings (SSSR count). The zero-order valence-electron chi connectivity index (χ0n) is 13.8. The summed E-state index contributed by atoms with van der Waals surface area (Å²) in [6.07, 6.45) is 4.38. The Morgan fingerprint density at radius 3 is 2.83 bits per heavy atom. The highest BCUT2D eigenvalue weighted by Crippen LogP contribution is 2.19. The van der Waals surface area contributed by atoms with Gasteiger partial charge in [0.15, 0.2) is 11.8 Å². The molecule has 1 aliphatic carbocycles. The van der Waals surface area contributed by atoms with Gasteiger partial charge in [-0.2, -0.15) is 0 Å². The minimum Gasteiger partial charge on any atom is -0.364 e. The highest BCUT2D eigenvalue weighted by atomic mass is 127. The number of rotatable bonds is 5. The number of aromatic nitrogens is 4. The van der Waals surface area contributed by atoms with Crippen molar-refractivity contribution in [3.8, 4) is 0 Å². The summed E-state index contributed by atoms with van der Waals surface area (Å²) < 4.78 is 1.98. The smallest absolute Gasteiger partial charge is 0.194 e. The number of hydrogen-bond donors (Lipinski definition) is 2. The molecule has 0 aromatic carbocycles. The fourth-order valence-electron chi connectivity index (χ4n) is 2.22. The minimum atomic E-state index is 0. The van der Waals surface area contributed by atoms with Gasteiger partial charge < -0.3 is 19.8 Å². The zero-order valence-corrected chi connectivity index (χ0v) is 16.1. The molecule has 2 aromatic heterocycles. The van der Waals surface area contributed by atoms with E-state index >= 15 is 0 Å². The molecule has 0 unspecified atom stereocenters. The number of aryl methyl sites for hydroxylation is 1. The van der Waals surface area contributed by atoms with Crippen LogP contribution in [0.5, 0.6) is 0 Å². The molecule has 2 heterocycles. The number of H-pyrrole nitrogens is 1. The third-order valence-electron chi connectivity index (χ3n) is 3.90. The maximum atomic E-state index is 4.72. The third kappa shape index (κ3) is 4.69. The zero-order chi connectivity index (χ0) is 15.5. The molecule has 0 radical (unpaired) electrons. The van der Waals surface area contributed by atoms with Gasteiger partial charge in [-0.05, 0) is 31.9 Å². The first-order valence-corrected chi connectivity index (χ1v) is 7.62. The Balaban J connectivity index is 0.00000192. The molecule has 1 saturated carbocycles. The highest BCUT2D eigenvalue weighted by Gasteiger charge is 2.24. The Hall–Kier alpha value is -1.58. The third-order valence-corrected chi connectivity index (χ3v) is 3.90. The van der Waals surface area contributed by atoms with Crippen molar-refractivity contribution in [2.24, 2.45) is 12.0 Å². The monoisotopic (exact) mass is 429 g/mol. The van der Waals surface area contributed by atoms with Crippen LogP contribution in [-0.2, 0) is 20.1 Å². The first-order chi connectivity index (χ1) is 10.6. The van der Waals surface area contributed by atoms with Gasteiger partial charge in [-0.1, -0.05) is 0 Å². The molecule has 0 aliphatic heterocycles. The molecule has 1 fully saturated rings. The lowest BCUT2D eigenvalue weighted by Gasteiger charge is -2.22. The Morgan fingerprint density at radius 2 is 2.26 bits per heavy atom. The molecule has 0 amide bonds. The molecule has 7 nitrogen and oxygen atoms in total. The maximum Gasteiger partial charge on any atom is 0.194 e. The van der Waals surface area contributed by atoms with Crippen LogP contribution in [0.2, 0.25) is 0 Å². The summed E-state index contributed by atoms with van der Waals surface area (Å²) >= 11 is 0. The number of hydrogen-bond acceptors (Lipinski definition) is 3. The molecule has 8 heteroatoms. The fraction of sp³-hybridized carbons (Fsp3) is 0.533. The van der Waals surface area contributed by atoms with E-state index in [9.17, 15) is 0 Å². The van der Waals surface area contributed by atoms with Crippen LogP contribution in [0.15, 0.2) is 23.3 Å². The fourth-order valence-corrected chi connectivity index (χ4v) is 2.22. The standard InChI is InChI=1S/C15H23N7.HI/c1-11-19-20-14(22(11)3)9-17-15(18-12-6-7-12)21(2)10-13-5-4-8-16-13;/h4-5,8,12,16H,6-7,9-10H2,1-3H3,(H,17,18);1H. The first kappa shape index (κ1) is 17.8. The van der Waals surface area contributed by atoms with Gasteiger partial charge in [0, 0.05) is 32.0 Å². The maximum absolute atomic E-state index is 4.72. The van der Waals surface area contributed by atoms with Crippen molar-refractivity contribution < 1.29 is 0 Å². The lowest BCUT2D eigenvalue weighted by Crippen LogP contribution is -2.39. The van der Waals surface area contributed by atoms with E-state index < -0.39 is 0 Å². The number of nitrogens with zero attached hydrogens (tertiary/aromatic N) is 5. The molecule has 2 N–H and O–H groups in total. The van der Waals surface area contributed by atoms with E-state index in [4.69, 9.17) is 4.99 Å². The van der Waals surface area contributed by atoms with Crippen LogP contribution in [0.25, 0.3) is 0 Å². The van der Waals surface area contributed by atoms with E-state index in [0.717, 1.165) is 24.2 Å². The molecule has 0 atom stereocenters. The highest BCUT2D eigenvalue weighted by molar-refractivity contribution is 14.0. The second kappa shape index (κ2) is 7.80. The van der Waals surface area contributed by atoms with Crippen LogP contribution in [0.1, 0.15) is 30.2 Å². The van der Waals surface area contributed by atoms with Crippen LogP contribution in [-0.4, -0.2) is 43.7 Å². The molecule has 2 aromatic rings. The number of aromatic amines is 1. The second-order valence-electron chi connectivity index (χ2n) is 5.83. The van der Waals surface area contributed by atoms with Crippen molar-refractivity contribution in [3.63, 3.8) is 0 Å². The molecule has 23 heavy (non-hydrogen) atoms. The van der Waals surface area contributed by atoms with Crippen LogP contribution >= 0.6 is 24.0 Å². The van der Waals surface area contributed by atoms with Crippen molar-refractivity contribution in [2.75, 3.05) is 7.05 Å². The topological polar surface area (TPSA) is 74.1 Å².